The standard InChI is InChI=1S/C18H24N2O2/c1-3-10-19-13-17-18(21)9-6-15(19)12-20(17)11-14-4-7-16(22-2)8-5-14/h3-5,7-8,15,17H,1,6,9-13H2,2H3/t15-,17+/m0/s1. The van der Waals surface area contributed by atoms with Crippen LogP contribution in [0.15, 0.2) is 36.9 Å². The van der Waals surface area contributed by atoms with Gasteiger partial charge in [0.25, 0.3) is 0 Å². The second-order valence-electron chi connectivity index (χ2n) is 6.19. The molecule has 0 saturated carbocycles. The largest absolute Gasteiger partial charge is 0.497 e. The highest BCUT2D eigenvalue weighted by Gasteiger charge is 2.40. The zero-order valence-corrected chi connectivity index (χ0v) is 13.2. The van der Waals surface area contributed by atoms with Crippen molar-refractivity contribution in [2.24, 2.45) is 0 Å². The van der Waals surface area contributed by atoms with E-state index < -0.39 is 0 Å². The van der Waals surface area contributed by atoms with Gasteiger partial charge in [0.1, 0.15) is 5.75 Å². The maximum absolute atomic E-state index is 12.4. The maximum atomic E-state index is 12.4. The van der Waals surface area contributed by atoms with Gasteiger partial charge in [-0.05, 0) is 24.1 Å². The predicted octanol–water partition coefficient (Wildman–Crippen LogP) is 2.10. The van der Waals surface area contributed by atoms with Crippen LogP contribution in [-0.4, -0.2) is 54.4 Å². The molecule has 22 heavy (non-hydrogen) atoms. The number of carbonyl (C=O) groups excluding carboxylic acids is 1. The first-order chi connectivity index (χ1) is 10.7. The van der Waals surface area contributed by atoms with Crippen LogP contribution in [-0.2, 0) is 11.3 Å². The number of fused-ring (bicyclic) bond motifs is 4. The molecule has 2 bridgehead atoms. The molecule has 0 spiro atoms. The number of ether oxygens (including phenoxy) is 1. The fourth-order valence-electron chi connectivity index (χ4n) is 3.58. The Kier molecular flexibility index (Phi) is 4.60. The minimum Gasteiger partial charge on any atom is -0.497 e. The fourth-order valence-corrected chi connectivity index (χ4v) is 3.58. The lowest BCUT2D eigenvalue weighted by atomic mass is 10.1. The maximum Gasteiger partial charge on any atom is 0.151 e. The van der Waals surface area contributed by atoms with Crippen molar-refractivity contribution >= 4 is 5.78 Å². The molecular formula is C18H24N2O2. The molecule has 0 aromatic heterocycles. The number of methoxy groups -OCH3 is 1. The third-order valence-corrected chi connectivity index (χ3v) is 4.81. The molecule has 4 nitrogen and oxygen atoms in total. The summed E-state index contributed by atoms with van der Waals surface area (Å²) >= 11 is 0. The van der Waals surface area contributed by atoms with Crippen molar-refractivity contribution in [3.63, 3.8) is 0 Å². The molecule has 3 aliphatic heterocycles. The molecule has 4 rings (SSSR count). The van der Waals surface area contributed by atoms with Crippen molar-refractivity contribution < 1.29 is 9.53 Å². The SMILES string of the molecule is C=CCN1C[C@@H]2C(=O)CC[C@H]1CN2Cc1ccc(OC)cc1. The van der Waals surface area contributed by atoms with Crippen molar-refractivity contribution in [3.05, 3.63) is 42.5 Å². The van der Waals surface area contributed by atoms with Gasteiger partial charge in [0.05, 0.1) is 13.2 Å². The van der Waals surface area contributed by atoms with Crippen LogP contribution in [0.4, 0.5) is 0 Å². The summed E-state index contributed by atoms with van der Waals surface area (Å²) in [7, 11) is 1.68. The van der Waals surface area contributed by atoms with Gasteiger partial charge >= 0.3 is 0 Å². The number of hydrogen-bond acceptors (Lipinski definition) is 4. The predicted molar refractivity (Wildman–Crippen MR) is 87.0 cm³/mol. The molecule has 0 unspecified atom stereocenters. The highest BCUT2D eigenvalue weighted by molar-refractivity contribution is 5.85. The van der Waals surface area contributed by atoms with Gasteiger partial charge in [0, 0.05) is 38.6 Å². The summed E-state index contributed by atoms with van der Waals surface area (Å²) in [5.41, 5.74) is 1.23. The Bertz CT molecular complexity index is 541. The topological polar surface area (TPSA) is 32.8 Å². The number of piperazine rings is 1. The molecule has 0 aliphatic carbocycles. The third-order valence-electron chi connectivity index (χ3n) is 4.81. The number of ketones is 1. The molecule has 2 atom stereocenters. The van der Waals surface area contributed by atoms with E-state index >= 15 is 0 Å². The van der Waals surface area contributed by atoms with E-state index in [0.717, 1.165) is 38.3 Å². The molecular weight excluding hydrogens is 276 g/mol. The minimum atomic E-state index is 0.0285. The smallest absolute Gasteiger partial charge is 0.151 e. The Morgan fingerprint density at radius 1 is 1.27 bits per heavy atom. The van der Waals surface area contributed by atoms with Crippen LogP contribution >= 0.6 is 0 Å². The normalized spacial score (nSPS) is 26.0. The van der Waals surface area contributed by atoms with Crippen LogP contribution in [0.25, 0.3) is 0 Å². The molecule has 0 N–H and O–H groups in total. The third kappa shape index (κ3) is 3.08. The van der Waals surface area contributed by atoms with Gasteiger partial charge in [-0.1, -0.05) is 18.2 Å². The number of carbonyl (C=O) groups is 1. The lowest BCUT2D eigenvalue weighted by molar-refractivity contribution is -0.125. The zero-order valence-electron chi connectivity index (χ0n) is 13.2. The van der Waals surface area contributed by atoms with E-state index in [1.54, 1.807) is 7.11 Å². The van der Waals surface area contributed by atoms with Crippen molar-refractivity contribution in [1.29, 1.82) is 0 Å². The van der Waals surface area contributed by atoms with Crippen LogP contribution in [0, 0.1) is 0 Å². The Balaban J connectivity index is 1.73. The van der Waals surface area contributed by atoms with Gasteiger partial charge in [0.15, 0.2) is 5.78 Å². The Labute approximate surface area is 132 Å². The van der Waals surface area contributed by atoms with Gasteiger partial charge < -0.3 is 4.74 Å². The first kappa shape index (κ1) is 15.3. The van der Waals surface area contributed by atoms with E-state index in [4.69, 9.17) is 4.74 Å². The molecule has 3 fully saturated rings. The monoisotopic (exact) mass is 300 g/mol. The summed E-state index contributed by atoms with van der Waals surface area (Å²) in [6.07, 6.45) is 3.63. The lowest BCUT2D eigenvalue weighted by Gasteiger charge is -2.42. The second-order valence-corrected chi connectivity index (χ2v) is 6.19. The van der Waals surface area contributed by atoms with Crippen LogP contribution in [0.2, 0.25) is 0 Å². The fraction of sp³-hybridized carbons (Fsp3) is 0.500. The van der Waals surface area contributed by atoms with Crippen LogP contribution in [0.1, 0.15) is 18.4 Å². The highest BCUT2D eigenvalue weighted by Crippen LogP contribution is 2.27. The molecule has 4 heteroatoms. The van der Waals surface area contributed by atoms with E-state index in [1.807, 2.05) is 18.2 Å². The van der Waals surface area contributed by atoms with Crippen molar-refractivity contribution in [3.8, 4) is 5.75 Å². The van der Waals surface area contributed by atoms with E-state index in [0.29, 0.717) is 18.2 Å². The van der Waals surface area contributed by atoms with E-state index in [1.165, 1.54) is 5.56 Å². The summed E-state index contributed by atoms with van der Waals surface area (Å²) in [6, 6.07) is 8.64. The van der Waals surface area contributed by atoms with E-state index in [2.05, 4.69) is 28.5 Å². The molecule has 0 radical (unpaired) electrons. The number of nitrogens with zero attached hydrogens (tertiary/aromatic N) is 2. The molecule has 3 saturated heterocycles. The van der Waals surface area contributed by atoms with Crippen LogP contribution in [0.3, 0.4) is 0 Å². The zero-order chi connectivity index (χ0) is 15.5. The van der Waals surface area contributed by atoms with Gasteiger partial charge in [-0.3, -0.25) is 14.6 Å². The summed E-state index contributed by atoms with van der Waals surface area (Å²) in [5, 5.41) is 0. The first-order valence-electron chi connectivity index (χ1n) is 7.96. The Morgan fingerprint density at radius 3 is 2.73 bits per heavy atom. The summed E-state index contributed by atoms with van der Waals surface area (Å²) in [6.45, 7) is 7.36. The first-order valence-corrected chi connectivity index (χ1v) is 7.96. The van der Waals surface area contributed by atoms with Gasteiger partial charge in [-0.2, -0.15) is 0 Å². The average molecular weight is 300 g/mol. The molecule has 1 aromatic rings. The van der Waals surface area contributed by atoms with Gasteiger partial charge in [0.2, 0.25) is 0 Å². The minimum absolute atomic E-state index is 0.0285. The quantitative estimate of drug-likeness (QED) is 0.780. The molecule has 118 valence electrons. The van der Waals surface area contributed by atoms with Crippen LogP contribution < -0.4 is 4.74 Å². The van der Waals surface area contributed by atoms with Gasteiger partial charge in [-0.25, -0.2) is 0 Å². The second kappa shape index (κ2) is 6.63. The average Bonchev–Trinajstić information content (AvgIpc) is 2.78. The highest BCUT2D eigenvalue weighted by atomic mass is 16.5. The summed E-state index contributed by atoms with van der Waals surface area (Å²) in [5.74, 6) is 1.26. The van der Waals surface area contributed by atoms with E-state index in [9.17, 15) is 4.79 Å². The molecule has 3 aliphatic rings. The number of rotatable bonds is 5. The Hall–Kier alpha value is -1.65. The van der Waals surface area contributed by atoms with Gasteiger partial charge in [-0.15, -0.1) is 6.58 Å². The Morgan fingerprint density at radius 2 is 2.05 bits per heavy atom. The van der Waals surface area contributed by atoms with Crippen molar-refractivity contribution in [2.45, 2.75) is 31.5 Å². The van der Waals surface area contributed by atoms with Crippen molar-refractivity contribution in [2.75, 3.05) is 26.7 Å². The molecule has 3 heterocycles. The molecule has 0 amide bonds. The summed E-state index contributed by atoms with van der Waals surface area (Å²) in [4.78, 5) is 17.2. The molecule has 1 aromatic carbocycles. The number of benzene rings is 1. The van der Waals surface area contributed by atoms with Crippen molar-refractivity contribution in [1.82, 2.24) is 9.80 Å². The summed E-state index contributed by atoms with van der Waals surface area (Å²) < 4.78 is 5.20. The number of Topliss-reactive ketones (excluding diaryl/α,β-unsaturated/α-hetero) is 1. The van der Waals surface area contributed by atoms with E-state index in [-0.39, 0.29) is 6.04 Å². The number of hydrogen-bond donors (Lipinski definition) is 0. The van der Waals surface area contributed by atoms with Crippen LogP contribution in [0.5, 0.6) is 5.75 Å². The lowest BCUT2D eigenvalue weighted by Crippen LogP contribution is -2.57.